The van der Waals surface area contributed by atoms with Crippen molar-refractivity contribution in [1.82, 2.24) is 14.9 Å². The maximum absolute atomic E-state index is 12.1. The van der Waals surface area contributed by atoms with Crippen LogP contribution >= 0.6 is 0 Å². The van der Waals surface area contributed by atoms with Gasteiger partial charge in [0.1, 0.15) is 6.26 Å². The van der Waals surface area contributed by atoms with Crippen LogP contribution < -0.4 is 15.5 Å². The second-order valence-electron chi connectivity index (χ2n) is 4.52. The van der Waals surface area contributed by atoms with Gasteiger partial charge in [0, 0.05) is 31.0 Å². The molecule has 0 saturated heterocycles. The van der Waals surface area contributed by atoms with Crippen molar-refractivity contribution in [2.75, 3.05) is 7.11 Å². The molecule has 0 saturated carbocycles. The number of imidazole rings is 1. The first-order chi connectivity index (χ1) is 10.1. The Bertz CT molecular complexity index is 648. The Hall–Kier alpha value is -2.57. The molecule has 0 aromatic carbocycles. The van der Waals surface area contributed by atoms with Crippen molar-refractivity contribution in [3.8, 4) is 5.75 Å². The lowest BCUT2D eigenvalue weighted by molar-refractivity contribution is 0.0900. The highest BCUT2D eigenvalue weighted by Gasteiger charge is 2.16. The summed E-state index contributed by atoms with van der Waals surface area (Å²) in [7, 11) is 1.37. The zero-order chi connectivity index (χ0) is 15.2. The van der Waals surface area contributed by atoms with Crippen LogP contribution in [0.15, 0.2) is 40.3 Å². The van der Waals surface area contributed by atoms with Crippen LogP contribution in [0.2, 0.25) is 0 Å². The molecule has 1 atom stereocenters. The first-order valence-corrected chi connectivity index (χ1v) is 6.57. The number of amides is 1. The van der Waals surface area contributed by atoms with Gasteiger partial charge in [-0.1, -0.05) is 6.92 Å². The fourth-order valence-electron chi connectivity index (χ4n) is 1.85. The van der Waals surface area contributed by atoms with Gasteiger partial charge in [-0.2, -0.15) is 0 Å². The maximum Gasteiger partial charge on any atom is 0.287 e. The Morgan fingerprint density at radius 3 is 2.95 bits per heavy atom. The van der Waals surface area contributed by atoms with Crippen LogP contribution in [-0.2, 0) is 6.54 Å². The van der Waals surface area contributed by atoms with E-state index in [-0.39, 0.29) is 17.6 Å². The normalized spacial score (nSPS) is 11.9. The summed E-state index contributed by atoms with van der Waals surface area (Å²) in [5.41, 5.74) is -0.392. The van der Waals surface area contributed by atoms with E-state index in [1.165, 1.54) is 7.11 Å². The third-order valence-corrected chi connectivity index (χ3v) is 3.06. The van der Waals surface area contributed by atoms with Crippen LogP contribution in [0, 0.1) is 0 Å². The molecule has 0 bridgehead atoms. The summed E-state index contributed by atoms with van der Waals surface area (Å²) in [6.45, 7) is 2.56. The summed E-state index contributed by atoms with van der Waals surface area (Å²) in [4.78, 5) is 27.6. The van der Waals surface area contributed by atoms with Crippen molar-refractivity contribution < 1.29 is 13.9 Å². The molecule has 0 aliphatic carbocycles. The van der Waals surface area contributed by atoms with E-state index in [1.54, 1.807) is 12.5 Å². The maximum atomic E-state index is 12.1. The third-order valence-electron chi connectivity index (χ3n) is 3.06. The van der Waals surface area contributed by atoms with Crippen molar-refractivity contribution in [3.63, 3.8) is 0 Å². The average Bonchev–Trinajstić information content (AvgIpc) is 2.99. The standard InChI is InChI=1S/C14H17N3O4/c1-3-10(7-17-5-4-15-9-17)16-14(19)12-6-11(18)13(20-2)8-21-12/h4-6,8-10H,3,7H2,1-2H3,(H,16,19)/t10-/m1/s1. The van der Waals surface area contributed by atoms with Crippen LogP contribution in [0.25, 0.3) is 0 Å². The second-order valence-corrected chi connectivity index (χ2v) is 4.52. The van der Waals surface area contributed by atoms with Gasteiger partial charge in [-0.25, -0.2) is 4.98 Å². The fourth-order valence-corrected chi connectivity index (χ4v) is 1.85. The Kier molecular flexibility index (Phi) is 4.76. The van der Waals surface area contributed by atoms with Crippen molar-refractivity contribution in [3.05, 3.63) is 47.0 Å². The third kappa shape index (κ3) is 3.71. The van der Waals surface area contributed by atoms with E-state index in [1.807, 2.05) is 17.7 Å². The number of carbonyl (C=O) groups is 1. The zero-order valence-corrected chi connectivity index (χ0v) is 11.9. The van der Waals surface area contributed by atoms with Crippen molar-refractivity contribution in [1.29, 1.82) is 0 Å². The zero-order valence-electron chi connectivity index (χ0n) is 11.9. The van der Waals surface area contributed by atoms with Gasteiger partial charge in [0.2, 0.25) is 11.2 Å². The number of ether oxygens (including phenoxy) is 1. The van der Waals surface area contributed by atoms with E-state index in [9.17, 15) is 9.59 Å². The minimum absolute atomic E-state index is 0.0371. The quantitative estimate of drug-likeness (QED) is 0.859. The molecule has 112 valence electrons. The molecule has 0 spiro atoms. The van der Waals surface area contributed by atoms with Gasteiger partial charge < -0.3 is 19.0 Å². The van der Waals surface area contributed by atoms with Crippen LogP contribution in [0.4, 0.5) is 0 Å². The molecule has 21 heavy (non-hydrogen) atoms. The van der Waals surface area contributed by atoms with Crippen molar-refractivity contribution in [2.45, 2.75) is 25.9 Å². The molecule has 1 amide bonds. The molecular weight excluding hydrogens is 274 g/mol. The van der Waals surface area contributed by atoms with Gasteiger partial charge in [-0.05, 0) is 6.42 Å². The van der Waals surface area contributed by atoms with Crippen LogP contribution in [-0.4, -0.2) is 28.6 Å². The first kappa shape index (κ1) is 14.8. The average molecular weight is 291 g/mol. The number of aromatic nitrogens is 2. The molecule has 0 radical (unpaired) electrons. The largest absolute Gasteiger partial charge is 0.490 e. The molecular formula is C14H17N3O4. The van der Waals surface area contributed by atoms with Gasteiger partial charge >= 0.3 is 0 Å². The molecule has 0 unspecified atom stereocenters. The molecule has 0 aliphatic rings. The Labute approximate surface area is 121 Å². The Balaban J connectivity index is 2.05. The number of carbonyl (C=O) groups excluding carboxylic acids is 1. The number of nitrogens with one attached hydrogen (secondary N) is 1. The van der Waals surface area contributed by atoms with Gasteiger partial charge in [-0.3, -0.25) is 9.59 Å². The van der Waals surface area contributed by atoms with E-state index < -0.39 is 11.3 Å². The molecule has 0 fully saturated rings. The lowest BCUT2D eigenvalue weighted by atomic mass is 10.2. The van der Waals surface area contributed by atoms with Gasteiger partial charge in [0.05, 0.1) is 13.4 Å². The molecule has 2 aromatic heterocycles. The first-order valence-electron chi connectivity index (χ1n) is 6.57. The minimum Gasteiger partial charge on any atom is -0.490 e. The lowest BCUT2D eigenvalue weighted by Gasteiger charge is -2.17. The highest BCUT2D eigenvalue weighted by molar-refractivity contribution is 5.91. The Morgan fingerprint density at radius 2 is 2.38 bits per heavy atom. The molecule has 1 N–H and O–H groups in total. The van der Waals surface area contributed by atoms with Crippen LogP contribution in [0.1, 0.15) is 23.9 Å². The smallest absolute Gasteiger partial charge is 0.287 e. The van der Waals surface area contributed by atoms with Crippen LogP contribution in [0.3, 0.4) is 0 Å². The summed E-state index contributed by atoms with van der Waals surface area (Å²) >= 11 is 0. The second kappa shape index (κ2) is 6.74. The van der Waals surface area contributed by atoms with E-state index in [2.05, 4.69) is 10.3 Å². The summed E-state index contributed by atoms with van der Waals surface area (Å²) < 4.78 is 11.8. The summed E-state index contributed by atoms with van der Waals surface area (Å²) in [5, 5.41) is 2.82. The Morgan fingerprint density at radius 1 is 1.57 bits per heavy atom. The predicted molar refractivity (Wildman–Crippen MR) is 75.3 cm³/mol. The van der Waals surface area contributed by atoms with E-state index in [0.717, 1.165) is 18.8 Å². The van der Waals surface area contributed by atoms with E-state index >= 15 is 0 Å². The van der Waals surface area contributed by atoms with Crippen molar-refractivity contribution in [2.24, 2.45) is 0 Å². The van der Waals surface area contributed by atoms with E-state index in [4.69, 9.17) is 9.15 Å². The SMILES string of the molecule is CC[C@H](Cn1ccnc1)NC(=O)c1cc(=O)c(OC)co1. The molecule has 7 heteroatoms. The number of methoxy groups -OCH3 is 1. The lowest BCUT2D eigenvalue weighted by Crippen LogP contribution is -2.37. The molecule has 2 heterocycles. The van der Waals surface area contributed by atoms with Crippen molar-refractivity contribution >= 4 is 5.91 Å². The minimum atomic E-state index is -0.429. The van der Waals surface area contributed by atoms with E-state index in [0.29, 0.717) is 6.54 Å². The van der Waals surface area contributed by atoms with Gasteiger partial charge in [-0.15, -0.1) is 0 Å². The monoisotopic (exact) mass is 291 g/mol. The summed E-state index contributed by atoms with van der Waals surface area (Å²) in [5.74, 6) is -0.399. The number of rotatable bonds is 6. The number of hydrogen-bond donors (Lipinski definition) is 1. The number of nitrogens with zero attached hydrogens (tertiary/aromatic N) is 2. The molecule has 2 aromatic rings. The van der Waals surface area contributed by atoms with Gasteiger partial charge in [0.25, 0.3) is 5.91 Å². The highest BCUT2D eigenvalue weighted by Crippen LogP contribution is 2.06. The summed E-state index contributed by atoms with van der Waals surface area (Å²) in [6, 6.07) is 1.04. The van der Waals surface area contributed by atoms with Gasteiger partial charge in [0.15, 0.2) is 5.76 Å². The molecule has 7 nitrogen and oxygen atoms in total. The fraction of sp³-hybridized carbons (Fsp3) is 0.357. The predicted octanol–water partition coefficient (Wildman–Crippen LogP) is 1.05. The summed E-state index contributed by atoms with van der Waals surface area (Å²) in [6.07, 6.45) is 7.06. The molecule has 2 rings (SSSR count). The number of hydrogen-bond acceptors (Lipinski definition) is 5. The van der Waals surface area contributed by atoms with Crippen LogP contribution in [0.5, 0.6) is 5.75 Å². The topological polar surface area (TPSA) is 86.4 Å². The highest BCUT2D eigenvalue weighted by atomic mass is 16.5. The molecule has 0 aliphatic heterocycles.